The minimum atomic E-state index is -0.774. The molecule has 0 aliphatic rings. The Balaban J connectivity index is 2.94. The fourth-order valence-electron chi connectivity index (χ4n) is 2.98. The topological polar surface area (TPSA) is 37.8 Å². The molecule has 0 saturated heterocycles. The summed E-state index contributed by atoms with van der Waals surface area (Å²) in [5.74, 6) is 0. The van der Waals surface area contributed by atoms with Crippen molar-refractivity contribution in [3.8, 4) is 0 Å². The van der Waals surface area contributed by atoms with Crippen LogP contribution in [0.5, 0.6) is 0 Å². The van der Waals surface area contributed by atoms with E-state index in [0.717, 1.165) is 0 Å². The first-order valence-electron chi connectivity index (χ1n) is 8.61. The van der Waals surface area contributed by atoms with E-state index in [2.05, 4.69) is 25.9 Å². The molecule has 0 aromatic carbocycles. The molecular weight excluding hydrogens is 367 g/mol. The average Bonchev–Trinajstić information content (AvgIpc) is 2.78. The third kappa shape index (κ3) is 6.21. The van der Waals surface area contributed by atoms with Gasteiger partial charge in [0.25, 0.3) is 0 Å². The molecule has 0 spiro atoms. The quantitative estimate of drug-likeness (QED) is 0.566. The molecule has 0 bridgehead atoms. The van der Waals surface area contributed by atoms with Gasteiger partial charge in [0.2, 0.25) is 0 Å². The Bertz CT molecular complexity index is 428. The Morgan fingerprint density at radius 2 is 1.52 bits per heavy atom. The zero-order valence-corrected chi connectivity index (χ0v) is 17.2. The summed E-state index contributed by atoms with van der Waals surface area (Å²) in [6.07, 6.45) is 12.0. The molecular formula is C17H32N2OSn. The minimum absolute atomic E-state index is 0.0729. The number of nitrogens with one attached hydrogen (secondary N) is 1. The predicted molar refractivity (Wildman–Crippen MR) is 92.7 cm³/mol. The van der Waals surface area contributed by atoms with Gasteiger partial charge in [0.05, 0.1) is 0 Å². The summed E-state index contributed by atoms with van der Waals surface area (Å²) in [6.45, 7) is 6.88. The van der Waals surface area contributed by atoms with Crippen molar-refractivity contribution >= 4 is 24.9 Å². The average molecular weight is 399 g/mol. The number of aryl methyl sites for hydroxylation is 1. The van der Waals surface area contributed by atoms with Crippen molar-refractivity contribution < 1.29 is 0 Å². The molecule has 0 unspecified atom stereocenters. The van der Waals surface area contributed by atoms with Crippen molar-refractivity contribution in [2.24, 2.45) is 7.05 Å². The summed E-state index contributed by atoms with van der Waals surface area (Å²) in [5, 5.41) is 2.90. The Kier molecular flexibility index (Phi) is 8.76. The van der Waals surface area contributed by atoms with E-state index < -0.39 is 21.1 Å². The van der Waals surface area contributed by atoms with Crippen molar-refractivity contribution in [1.29, 1.82) is 0 Å². The summed E-state index contributed by atoms with van der Waals surface area (Å²) < 4.78 is 3.89. The molecule has 4 heteroatoms. The second kappa shape index (κ2) is 9.75. The van der Waals surface area contributed by atoms with Gasteiger partial charge in [-0.1, -0.05) is 0 Å². The molecule has 0 aliphatic carbocycles. The van der Waals surface area contributed by atoms with E-state index in [1.165, 1.54) is 61.5 Å². The Hall–Kier alpha value is -0.191. The number of aromatic nitrogens is 2. The molecule has 1 heterocycles. The summed E-state index contributed by atoms with van der Waals surface area (Å²) in [5.41, 5.74) is 0.0729. The Morgan fingerprint density at radius 1 is 1.05 bits per heavy atom. The van der Waals surface area contributed by atoms with Gasteiger partial charge in [-0.25, -0.2) is 0 Å². The van der Waals surface area contributed by atoms with E-state index in [1.54, 1.807) is 0 Å². The van der Waals surface area contributed by atoms with Crippen molar-refractivity contribution in [1.82, 2.24) is 9.78 Å². The Morgan fingerprint density at radius 3 is 1.86 bits per heavy atom. The first kappa shape index (κ1) is 18.9. The van der Waals surface area contributed by atoms with E-state index in [4.69, 9.17) is 0 Å². The number of aromatic amines is 1. The van der Waals surface area contributed by atoms with Crippen LogP contribution in [0.15, 0.2) is 10.9 Å². The first-order chi connectivity index (χ1) is 10.1. The van der Waals surface area contributed by atoms with Crippen LogP contribution in [0.4, 0.5) is 0 Å². The predicted octanol–water partition coefficient (Wildman–Crippen LogP) is 3.77. The van der Waals surface area contributed by atoms with Gasteiger partial charge in [-0.15, -0.1) is 0 Å². The zero-order chi connectivity index (χ0) is 15.7. The van der Waals surface area contributed by atoms with Crippen LogP contribution in [0.3, 0.4) is 0 Å². The third-order valence-electron chi connectivity index (χ3n) is 4.33. The fraction of sp³-hybridized carbons (Fsp3) is 0.824. The van der Waals surface area contributed by atoms with Crippen LogP contribution in [-0.2, 0) is 7.05 Å². The molecule has 1 N–H and O–H groups in total. The van der Waals surface area contributed by atoms with Crippen molar-refractivity contribution in [2.75, 3.05) is 0 Å². The van der Waals surface area contributed by atoms with E-state index in [0.29, 0.717) is 3.43 Å². The van der Waals surface area contributed by atoms with Crippen LogP contribution < -0.4 is 9.27 Å². The molecule has 3 nitrogen and oxygen atoms in total. The van der Waals surface area contributed by atoms with E-state index in [-0.39, 0.29) is 5.56 Å². The van der Waals surface area contributed by atoms with Crippen molar-refractivity contribution in [2.45, 2.75) is 82.0 Å². The maximum absolute atomic E-state index is 11.6. The number of nitrogens with zero attached hydrogens (tertiary/aromatic N) is 1. The van der Waals surface area contributed by atoms with Crippen molar-refractivity contribution in [3.63, 3.8) is 0 Å². The second-order valence-corrected chi connectivity index (χ2v) is 11.5. The second-order valence-electron chi connectivity index (χ2n) is 6.28. The molecule has 0 fully saturated rings. The standard InChI is InChI=1S/C13H27.C4H5N2O.Sn/c1-4-7-10-13(11-8-5-2)12-9-6-3;1-6-3-2-4(7)5-6;/h4-12H2,1-3H3;2H,1H3,(H,5,7);. The Labute approximate surface area is 140 Å². The van der Waals surface area contributed by atoms with Crippen LogP contribution in [-0.4, -0.2) is 30.9 Å². The molecule has 21 heavy (non-hydrogen) atoms. The van der Waals surface area contributed by atoms with Gasteiger partial charge in [-0.2, -0.15) is 0 Å². The summed E-state index contributed by atoms with van der Waals surface area (Å²) in [4.78, 5) is 11.6. The summed E-state index contributed by atoms with van der Waals surface area (Å²) in [7, 11) is 2.00. The van der Waals surface area contributed by atoms with E-state index in [1.807, 2.05) is 17.8 Å². The van der Waals surface area contributed by atoms with Gasteiger partial charge in [-0.05, 0) is 0 Å². The monoisotopic (exact) mass is 400 g/mol. The third-order valence-corrected chi connectivity index (χ3v) is 10.1. The van der Waals surface area contributed by atoms with Crippen LogP contribution in [0, 0.1) is 0 Å². The van der Waals surface area contributed by atoms with E-state index >= 15 is 0 Å². The van der Waals surface area contributed by atoms with Gasteiger partial charge in [0, 0.05) is 0 Å². The van der Waals surface area contributed by atoms with E-state index in [9.17, 15) is 4.79 Å². The molecule has 1 aromatic rings. The van der Waals surface area contributed by atoms with Gasteiger partial charge in [0.1, 0.15) is 0 Å². The number of rotatable bonds is 11. The summed E-state index contributed by atoms with van der Waals surface area (Å²) >= 11 is -0.774. The maximum atomic E-state index is 11.6. The molecule has 0 aliphatic heterocycles. The van der Waals surface area contributed by atoms with Crippen molar-refractivity contribution in [3.05, 3.63) is 16.4 Å². The molecule has 0 atom stereocenters. The fourth-order valence-corrected chi connectivity index (χ4v) is 8.33. The number of hydrogen-bond acceptors (Lipinski definition) is 1. The van der Waals surface area contributed by atoms with Gasteiger partial charge < -0.3 is 0 Å². The molecule has 2 radical (unpaired) electrons. The van der Waals surface area contributed by atoms with Gasteiger partial charge in [0.15, 0.2) is 0 Å². The zero-order valence-electron chi connectivity index (χ0n) is 14.3. The van der Waals surface area contributed by atoms with Crippen LogP contribution in [0.2, 0.25) is 3.43 Å². The number of hydrogen-bond donors (Lipinski definition) is 1. The molecule has 1 rings (SSSR count). The first-order valence-corrected chi connectivity index (χ1v) is 11.5. The summed E-state index contributed by atoms with van der Waals surface area (Å²) in [6, 6.07) is 1.87. The molecule has 0 saturated carbocycles. The van der Waals surface area contributed by atoms with Crippen LogP contribution in [0.25, 0.3) is 0 Å². The molecule has 120 valence electrons. The molecule has 0 amide bonds. The van der Waals surface area contributed by atoms with Crippen LogP contribution >= 0.6 is 0 Å². The number of unbranched alkanes of at least 4 members (excludes halogenated alkanes) is 3. The molecule has 1 aromatic heterocycles. The normalized spacial score (nSPS) is 12.0. The van der Waals surface area contributed by atoms with Crippen LogP contribution in [0.1, 0.15) is 78.6 Å². The van der Waals surface area contributed by atoms with Gasteiger partial charge in [-0.3, -0.25) is 0 Å². The van der Waals surface area contributed by atoms with Gasteiger partial charge >= 0.3 is 140 Å². The number of H-pyrrole nitrogens is 1. The SMILES string of the molecule is CCCC[C](CCCC)(CCCC)[Sn][c]1cc(=O)[nH]n1C.